The van der Waals surface area contributed by atoms with Crippen LogP contribution in [0.1, 0.15) is 5.76 Å². The van der Waals surface area contributed by atoms with Crippen molar-refractivity contribution in [2.24, 2.45) is 0 Å². The van der Waals surface area contributed by atoms with Gasteiger partial charge in [0.2, 0.25) is 0 Å². The van der Waals surface area contributed by atoms with Crippen LogP contribution in [0.2, 0.25) is 0 Å². The Hall–Kier alpha value is -1.55. The van der Waals surface area contributed by atoms with Crippen LogP contribution in [0.15, 0.2) is 28.7 Å². The number of anilines is 1. The third-order valence-corrected chi connectivity index (χ3v) is 2.45. The van der Waals surface area contributed by atoms with Crippen LogP contribution in [-0.4, -0.2) is 12.2 Å². The summed E-state index contributed by atoms with van der Waals surface area (Å²) >= 11 is 5.04. The predicted molar refractivity (Wildman–Crippen MR) is 66.2 cm³/mol. The lowest BCUT2D eigenvalue weighted by Crippen LogP contribution is -2.24. The second-order valence-corrected chi connectivity index (χ2v) is 3.69. The average molecular weight is 220 g/mol. The van der Waals surface area contributed by atoms with Crippen molar-refractivity contribution in [2.45, 2.75) is 6.92 Å². The summed E-state index contributed by atoms with van der Waals surface area (Å²) in [7, 11) is 1.78. The quantitative estimate of drug-likeness (QED) is 0.724. The number of para-hydroxylation sites is 1. The smallest absolute Gasteiger partial charge is 0.170 e. The van der Waals surface area contributed by atoms with Gasteiger partial charge in [-0.1, -0.05) is 12.1 Å². The first-order valence-electron chi connectivity index (χ1n) is 4.68. The van der Waals surface area contributed by atoms with Gasteiger partial charge in [0.25, 0.3) is 0 Å². The molecule has 0 radical (unpaired) electrons. The van der Waals surface area contributed by atoms with Crippen LogP contribution in [0.25, 0.3) is 11.0 Å². The minimum Gasteiger partial charge on any atom is -0.459 e. The summed E-state index contributed by atoms with van der Waals surface area (Å²) in [6.45, 7) is 1.93. The monoisotopic (exact) mass is 220 g/mol. The molecule has 0 aliphatic rings. The van der Waals surface area contributed by atoms with E-state index in [1.807, 2.05) is 31.2 Å². The summed E-state index contributed by atoms with van der Waals surface area (Å²) < 4.78 is 5.59. The van der Waals surface area contributed by atoms with Crippen molar-refractivity contribution < 1.29 is 4.42 Å². The number of nitrogens with one attached hydrogen (secondary N) is 2. The van der Waals surface area contributed by atoms with Gasteiger partial charge in [-0.2, -0.15) is 0 Å². The van der Waals surface area contributed by atoms with Gasteiger partial charge >= 0.3 is 0 Å². The molecule has 2 rings (SSSR count). The maximum absolute atomic E-state index is 5.59. The van der Waals surface area contributed by atoms with Crippen LogP contribution in [0, 0.1) is 6.92 Å². The fraction of sp³-hybridized carbons (Fsp3) is 0.182. The molecule has 0 atom stereocenters. The molecular formula is C11H12N2OS. The van der Waals surface area contributed by atoms with E-state index in [0.717, 1.165) is 22.4 Å². The van der Waals surface area contributed by atoms with E-state index in [1.54, 1.807) is 7.05 Å². The highest BCUT2D eigenvalue weighted by Crippen LogP contribution is 2.26. The van der Waals surface area contributed by atoms with Gasteiger partial charge in [-0.3, -0.25) is 0 Å². The van der Waals surface area contributed by atoms with E-state index in [4.69, 9.17) is 16.6 Å². The molecule has 2 N–H and O–H groups in total. The molecule has 0 amide bonds. The van der Waals surface area contributed by atoms with Crippen molar-refractivity contribution in [3.8, 4) is 0 Å². The lowest BCUT2D eigenvalue weighted by atomic mass is 10.2. The van der Waals surface area contributed by atoms with Crippen molar-refractivity contribution in [3.63, 3.8) is 0 Å². The second kappa shape index (κ2) is 3.90. The highest BCUT2D eigenvalue weighted by molar-refractivity contribution is 7.80. The molecule has 0 bridgehead atoms. The summed E-state index contributed by atoms with van der Waals surface area (Å²) in [5.41, 5.74) is 1.73. The number of benzene rings is 1. The SMILES string of the molecule is CNC(=S)Nc1cccc2cc(C)oc12. The standard InChI is InChI=1S/C11H12N2OS/c1-7-6-8-4-3-5-9(10(8)14-7)13-11(15)12-2/h3-6H,1-2H3,(H2,12,13,15). The van der Waals surface area contributed by atoms with E-state index in [9.17, 15) is 0 Å². The third-order valence-electron chi connectivity index (χ3n) is 2.14. The van der Waals surface area contributed by atoms with Crippen molar-refractivity contribution in [2.75, 3.05) is 12.4 Å². The molecule has 1 heterocycles. The van der Waals surface area contributed by atoms with Crippen molar-refractivity contribution in [3.05, 3.63) is 30.0 Å². The van der Waals surface area contributed by atoms with Gasteiger partial charge in [0.15, 0.2) is 10.7 Å². The predicted octanol–water partition coefficient (Wildman–Crippen LogP) is 2.66. The average Bonchev–Trinajstić information content (AvgIpc) is 2.59. The molecule has 0 aliphatic heterocycles. The van der Waals surface area contributed by atoms with E-state index in [-0.39, 0.29) is 0 Å². The topological polar surface area (TPSA) is 37.2 Å². The Morgan fingerprint density at radius 3 is 2.93 bits per heavy atom. The zero-order chi connectivity index (χ0) is 10.8. The van der Waals surface area contributed by atoms with Crippen molar-refractivity contribution in [1.29, 1.82) is 0 Å². The highest BCUT2D eigenvalue weighted by atomic mass is 32.1. The van der Waals surface area contributed by atoms with Gasteiger partial charge in [0, 0.05) is 12.4 Å². The summed E-state index contributed by atoms with van der Waals surface area (Å²) in [5.74, 6) is 0.898. The molecular weight excluding hydrogens is 208 g/mol. The third kappa shape index (κ3) is 1.94. The Morgan fingerprint density at radius 2 is 2.20 bits per heavy atom. The summed E-state index contributed by atoms with van der Waals surface area (Å²) in [6, 6.07) is 7.93. The second-order valence-electron chi connectivity index (χ2n) is 3.29. The first-order valence-corrected chi connectivity index (χ1v) is 5.09. The maximum atomic E-state index is 5.59. The first-order chi connectivity index (χ1) is 7.20. The largest absolute Gasteiger partial charge is 0.459 e. The number of rotatable bonds is 1. The van der Waals surface area contributed by atoms with Crippen LogP contribution in [0.5, 0.6) is 0 Å². The highest BCUT2D eigenvalue weighted by Gasteiger charge is 2.06. The molecule has 0 aliphatic carbocycles. The van der Waals surface area contributed by atoms with E-state index in [1.165, 1.54) is 0 Å². The van der Waals surface area contributed by atoms with Gasteiger partial charge in [-0.05, 0) is 31.3 Å². The maximum Gasteiger partial charge on any atom is 0.170 e. The fourth-order valence-electron chi connectivity index (χ4n) is 1.48. The molecule has 2 aromatic rings. The Balaban J connectivity index is 2.46. The van der Waals surface area contributed by atoms with Gasteiger partial charge in [0.1, 0.15) is 5.76 Å². The minimum absolute atomic E-state index is 0.580. The van der Waals surface area contributed by atoms with Crippen LogP contribution in [0.4, 0.5) is 5.69 Å². The van der Waals surface area contributed by atoms with Crippen molar-refractivity contribution >= 4 is 34.0 Å². The number of aryl methyl sites for hydroxylation is 1. The van der Waals surface area contributed by atoms with Crippen LogP contribution in [0.3, 0.4) is 0 Å². The summed E-state index contributed by atoms with van der Waals surface area (Å²) in [5, 5.41) is 7.60. The number of hydrogen-bond donors (Lipinski definition) is 2. The number of thiocarbonyl (C=S) groups is 1. The number of fused-ring (bicyclic) bond motifs is 1. The number of furan rings is 1. The van der Waals surface area contributed by atoms with E-state index in [0.29, 0.717) is 5.11 Å². The van der Waals surface area contributed by atoms with Gasteiger partial charge in [0.05, 0.1) is 5.69 Å². The van der Waals surface area contributed by atoms with Crippen LogP contribution in [-0.2, 0) is 0 Å². The molecule has 15 heavy (non-hydrogen) atoms. The molecule has 0 saturated carbocycles. The fourth-order valence-corrected chi connectivity index (χ4v) is 1.59. The molecule has 4 heteroatoms. The van der Waals surface area contributed by atoms with Gasteiger partial charge < -0.3 is 15.1 Å². The molecule has 0 fully saturated rings. The molecule has 0 unspecified atom stereocenters. The van der Waals surface area contributed by atoms with E-state index >= 15 is 0 Å². The Labute approximate surface area is 93.5 Å². The lowest BCUT2D eigenvalue weighted by Gasteiger charge is -2.06. The zero-order valence-corrected chi connectivity index (χ0v) is 9.44. The first kappa shape index (κ1) is 9.98. The summed E-state index contributed by atoms with van der Waals surface area (Å²) in [4.78, 5) is 0. The zero-order valence-electron chi connectivity index (χ0n) is 8.63. The Morgan fingerprint density at radius 1 is 1.40 bits per heavy atom. The Kier molecular flexibility index (Phi) is 2.60. The van der Waals surface area contributed by atoms with E-state index in [2.05, 4.69) is 10.6 Å². The van der Waals surface area contributed by atoms with E-state index < -0.39 is 0 Å². The lowest BCUT2D eigenvalue weighted by molar-refractivity contribution is 0.579. The molecule has 0 saturated heterocycles. The molecule has 0 spiro atoms. The molecule has 1 aromatic carbocycles. The summed E-state index contributed by atoms with van der Waals surface area (Å²) in [6.07, 6.45) is 0. The molecule has 3 nitrogen and oxygen atoms in total. The van der Waals surface area contributed by atoms with Gasteiger partial charge in [-0.25, -0.2) is 0 Å². The number of hydrogen-bond acceptors (Lipinski definition) is 2. The Bertz CT molecular complexity index is 504. The molecule has 78 valence electrons. The normalized spacial score (nSPS) is 10.3. The van der Waals surface area contributed by atoms with Gasteiger partial charge in [-0.15, -0.1) is 0 Å². The van der Waals surface area contributed by atoms with Crippen LogP contribution < -0.4 is 10.6 Å². The molecule has 1 aromatic heterocycles. The van der Waals surface area contributed by atoms with Crippen molar-refractivity contribution in [1.82, 2.24) is 5.32 Å². The van der Waals surface area contributed by atoms with Crippen LogP contribution >= 0.6 is 12.2 Å². The minimum atomic E-state index is 0.580.